The highest BCUT2D eigenvalue weighted by Gasteiger charge is 2.20. The van der Waals surface area contributed by atoms with Gasteiger partial charge in [0.1, 0.15) is 0 Å². The molecule has 4 heteroatoms. The van der Waals surface area contributed by atoms with Gasteiger partial charge in [0.15, 0.2) is 0 Å². The van der Waals surface area contributed by atoms with Gasteiger partial charge in [0.2, 0.25) is 0 Å². The van der Waals surface area contributed by atoms with E-state index in [1.807, 2.05) is 18.2 Å². The normalized spacial score (nSPS) is 16.6. The van der Waals surface area contributed by atoms with Gasteiger partial charge in [0, 0.05) is 32.7 Å². The third-order valence-corrected chi connectivity index (χ3v) is 3.53. The maximum absolute atomic E-state index is 11.4. The van der Waals surface area contributed by atoms with E-state index in [4.69, 9.17) is 4.74 Å². The Morgan fingerprint density at radius 2 is 1.90 bits per heavy atom. The van der Waals surface area contributed by atoms with Gasteiger partial charge >= 0.3 is 6.09 Å². The summed E-state index contributed by atoms with van der Waals surface area (Å²) in [5, 5.41) is 0. The highest BCUT2D eigenvalue weighted by atomic mass is 16.5. The number of amides is 1. The van der Waals surface area contributed by atoms with Crippen molar-refractivity contribution in [1.82, 2.24) is 9.80 Å². The molecule has 0 bridgehead atoms. The molecular formula is C16H22N2O2. The van der Waals surface area contributed by atoms with Gasteiger partial charge in [-0.15, -0.1) is 0 Å². The Morgan fingerprint density at radius 3 is 2.55 bits per heavy atom. The highest BCUT2D eigenvalue weighted by molar-refractivity contribution is 5.67. The number of benzene rings is 1. The van der Waals surface area contributed by atoms with E-state index in [0.29, 0.717) is 0 Å². The van der Waals surface area contributed by atoms with Crippen LogP contribution >= 0.6 is 0 Å². The Labute approximate surface area is 120 Å². The maximum Gasteiger partial charge on any atom is 0.409 e. The van der Waals surface area contributed by atoms with E-state index in [-0.39, 0.29) is 6.09 Å². The lowest BCUT2D eigenvalue weighted by Crippen LogP contribution is -2.48. The molecule has 4 nitrogen and oxygen atoms in total. The van der Waals surface area contributed by atoms with E-state index in [2.05, 4.69) is 29.2 Å². The fourth-order valence-electron chi connectivity index (χ4n) is 2.32. The van der Waals surface area contributed by atoms with Crippen LogP contribution in [0.2, 0.25) is 0 Å². The first-order chi connectivity index (χ1) is 9.79. The standard InChI is InChI=1S/C16H22N2O2/c1-20-16(19)18-13-11-17(12-14-18)10-6-5-9-15-7-3-2-4-8-15/h2-5,7-9H,6,10-14H2,1H3/b9-5+. The average Bonchev–Trinajstić information content (AvgIpc) is 2.52. The van der Waals surface area contributed by atoms with Crippen LogP contribution in [0, 0.1) is 0 Å². The molecule has 1 heterocycles. The van der Waals surface area contributed by atoms with Gasteiger partial charge in [-0.3, -0.25) is 4.90 Å². The van der Waals surface area contributed by atoms with Gasteiger partial charge in [0.25, 0.3) is 0 Å². The minimum atomic E-state index is -0.214. The molecule has 1 fully saturated rings. The first-order valence-electron chi connectivity index (χ1n) is 7.06. The van der Waals surface area contributed by atoms with Gasteiger partial charge < -0.3 is 9.64 Å². The molecule has 1 saturated heterocycles. The number of hydrogen-bond acceptors (Lipinski definition) is 3. The van der Waals surface area contributed by atoms with Crippen LogP contribution in [0.15, 0.2) is 36.4 Å². The number of piperazine rings is 1. The smallest absolute Gasteiger partial charge is 0.409 e. The Kier molecular flexibility index (Phi) is 5.62. The van der Waals surface area contributed by atoms with Crippen LogP contribution < -0.4 is 0 Å². The molecule has 0 unspecified atom stereocenters. The summed E-state index contributed by atoms with van der Waals surface area (Å²) in [6.45, 7) is 4.41. The van der Waals surface area contributed by atoms with Crippen LogP contribution in [0.3, 0.4) is 0 Å². The molecule has 0 atom stereocenters. The lowest BCUT2D eigenvalue weighted by molar-refractivity contribution is 0.0916. The number of hydrogen-bond donors (Lipinski definition) is 0. The van der Waals surface area contributed by atoms with Gasteiger partial charge in [0.05, 0.1) is 7.11 Å². The summed E-state index contributed by atoms with van der Waals surface area (Å²) in [7, 11) is 1.43. The van der Waals surface area contributed by atoms with Crippen molar-refractivity contribution < 1.29 is 9.53 Å². The van der Waals surface area contributed by atoms with Crippen LogP contribution in [0.4, 0.5) is 4.79 Å². The lowest BCUT2D eigenvalue weighted by Gasteiger charge is -2.33. The first kappa shape index (κ1) is 14.6. The molecule has 0 aliphatic carbocycles. The molecule has 1 aromatic carbocycles. The zero-order chi connectivity index (χ0) is 14.2. The first-order valence-corrected chi connectivity index (χ1v) is 7.06. The molecule has 2 rings (SSSR count). The fraction of sp³-hybridized carbons (Fsp3) is 0.438. The van der Waals surface area contributed by atoms with Crippen LogP contribution in [-0.2, 0) is 4.74 Å². The Hall–Kier alpha value is -1.81. The molecule has 108 valence electrons. The predicted molar refractivity (Wildman–Crippen MR) is 80.5 cm³/mol. The van der Waals surface area contributed by atoms with Crippen LogP contribution in [-0.4, -0.2) is 55.7 Å². The molecule has 20 heavy (non-hydrogen) atoms. The van der Waals surface area contributed by atoms with E-state index >= 15 is 0 Å². The van der Waals surface area contributed by atoms with Crippen molar-refractivity contribution in [2.75, 3.05) is 39.8 Å². The Balaban J connectivity index is 1.66. The zero-order valence-corrected chi connectivity index (χ0v) is 12.0. The quantitative estimate of drug-likeness (QED) is 0.845. The fourth-order valence-corrected chi connectivity index (χ4v) is 2.32. The molecule has 0 spiro atoms. The van der Waals surface area contributed by atoms with Crippen molar-refractivity contribution in [3.63, 3.8) is 0 Å². The second-order valence-electron chi connectivity index (χ2n) is 4.90. The molecular weight excluding hydrogens is 252 g/mol. The van der Waals surface area contributed by atoms with E-state index < -0.39 is 0 Å². The topological polar surface area (TPSA) is 32.8 Å². The molecule has 1 amide bonds. The predicted octanol–water partition coefficient (Wildman–Crippen LogP) is 2.47. The summed E-state index contributed by atoms with van der Waals surface area (Å²) in [5.74, 6) is 0. The maximum atomic E-state index is 11.4. The molecule has 1 aliphatic rings. The largest absolute Gasteiger partial charge is 0.453 e. The van der Waals surface area contributed by atoms with Crippen molar-refractivity contribution in [2.45, 2.75) is 6.42 Å². The van der Waals surface area contributed by atoms with Crippen LogP contribution in [0.25, 0.3) is 6.08 Å². The van der Waals surface area contributed by atoms with Gasteiger partial charge in [-0.25, -0.2) is 4.79 Å². The van der Waals surface area contributed by atoms with E-state index in [0.717, 1.165) is 39.1 Å². The summed E-state index contributed by atoms with van der Waals surface area (Å²) in [6.07, 6.45) is 5.19. The number of nitrogens with zero attached hydrogens (tertiary/aromatic N) is 2. The number of ether oxygens (including phenoxy) is 1. The third kappa shape index (κ3) is 4.38. The van der Waals surface area contributed by atoms with Crippen molar-refractivity contribution in [3.8, 4) is 0 Å². The summed E-state index contributed by atoms with van der Waals surface area (Å²) >= 11 is 0. The molecule has 1 aromatic rings. The number of methoxy groups -OCH3 is 1. The number of carbonyl (C=O) groups excluding carboxylic acids is 1. The van der Waals surface area contributed by atoms with Gasteiger partial charge in [-0.05, 0) is 12.0 Å². The van der Waals surface area contributed by atoms with Crippen molar-refractivity contribution in [3.05, 3.63) is 42.0 Å². The molecule has 0 radical (unpaired) electrons. The zero-order valence-electron chi connectivity index (χ0n) is 12.0. The number of carbonyl (C=O) groups is 1. The van der Waals surface area contributed by atoms with Crippen LogP contribution in [0.5, 0.6) is 0 Å². The van der Waals surface area contributed by atoms with Gasteiger partial charge in [-0.1, -0.05) is 42.5 Å². The minimum absolute atomic E-state index is 0.214. The van der Waals surface area contributed by atoms with E-state index in [9.17, 15) is 4.79 Å². The van der Waals surface area contributed by atoms with Crippen molar-refractivity contribution >= 4 is 12.2 Å². The van der Waals surface area contributed by atoms with E-state index in [1.54, 1.807) is 4.90 Å². The minimum Gasteiger partial charge on any atom is -0.453 e. The average molecular weight is 274 g/mol. The van der Waals surface area contributed by atoms with Crippen molar-refractivity contribution in [1.29, 1.82) is 0 Å². The Morgan fingerprint density at radius 1 is 1.20 bits per heavy atom. The third-order valence-electron chi connectivity index (χ3n) is 3.53. The SMILES string of the molecule is COC(=O)N1CCN(CC/C=C/c2ccccc2)CC1. The summed E-state index contributed by atoms with van der Waals surface area (Å²) in [5.41, 5.74) is 1.24. The summed E-state index contributed by atoms with van der Waals surface area (Å²) < 4.78 is 4.73. The second-order valence-corrected chi connectivity index (χ2v) is 4.90. The highest BCUT2D eigenvalue weighted by Crippen LogP contribution is 2.06. The summed E-state index contributed by atoms with van der Waals surface area (Å²) in [6, 6.07) is 10.3. The van der Waals surface area contributed by atoms with Gasteiger partial charge in [-0.2, -0.15) is 0 Å². The molecule has 0 saturated carbocycles. The molecule has 1 aliphatic heterocycles. The van der Waals surface area contributed by atoms with Crippen LogP contribution in [0.1, 0.15) is 12.0 Å². The lowest BCUT2D eigenvalue weighted by atomic mass is 10.2. The Bertz CT molecular complexity index is 437. The molecule has 0 aromatic heterocycles. The number of rotatable bonds is 4. The van der Waals surface area contributed by atoms with Crippen molar-refractivity contribution in [2.24, 2.45) is 0 Å². The molecule has 0 N–H and O–H groups in total. The van der Waals surface area contributed by atoms with E-state index in [1.165, 1.54) is 12.7 Å². The second kappa shape index (κ2) is 7.70. The monoisotopic (exact) mass is 274 g/mol. The summed E-state index contributed by atoms with van der Waals surface area (Å²) in [4.78, 5) is 15.5.